The Bertz CT molecular complexity index is 716. The first-order valence-corrected chi connectivity index (χ1v) is 6.74. The minimum atomic E-state index is 0.686. The first-order chi connectivity index (χ1) is 9.79. The molecule has 102 valence electrons. The van der Waals surface area contributed by atoms with Crippen LogP contribution in [0.25, 0.3) is 22.2 Å². The Kier molecular flexibility index (Phi) is 3.44. The first-order valence-electron chi connectivity index (χ1n) is 6.74. The van der Waals surface area contributed by atoms with Crippen LogP contribution in [0.4, 0.5) is 5.69 Å². The number of ether oxygens (including phenoxy) is 1. The summed E-state index contributed by atoms with van der Waals surface area (Å²) in [5.74, 6) is 0. The van der Waals surface area contributed by atoms with Crippen LogP contribution in [0.5, 0.6) is 0 Å². The number of fused-ring (bicyclic) bond motifs is 1. The van der Waals surface area contributed by atoms with Crippen molar-refractivity contribution in [2.24, 2.45) is 0 Å². The first kappa shape index (κ1) is 12.8. The summed E-state index contributed by atoms with van der Waals surface area (Å²) in [5, 5.41) is 1.08. The average Bonchev–Trinajstić information content (AvgIpc) is 2.93. The highest BCUT2D eigenvalue weighted by atomic mass is 16.5. The van der Waals surface area contributed by atoms with Crippen LogP contribution in [-0.2, 0) is 11.2 Å². The Morgan fingerprint density at radius 3 is 2.65 bits per heavy atom. The van der Waals surface area contributed by atoms with Gasteiger partial charge in [0.2, 0.25) is 0 Å². The Balaban J connectivity index is 2.05. The highest BCUT2D eigenvalue weighted by Crippen LogP contribution is 2.30. The number of nitrogen functional groups attached to an aromatic ring is 1. The van der Waals surface area contributed by atoms with Gasteiger partial charge in [-0.05, 0) is 29.7 Å². The van der Waals surface area contributed by atoms with E-state index in [1.54, 1.807) is 7.11 Å². The molecule has 0 spiro atoms. The molecular formula is C17H18N2O. The van der Waals surface area contributed by atoms with Crippen LogP contribution in [0.3, 0.4) is 0 Å². The van der Waals surface area contributed by atoms with Crippen molar-refractivity contribution in [3.63, 3.8) is 0 Å². The Morgan fingerprint density at radius 1 is 1.10 bits per heavy atom. The molecule has 0 saturated carbocycles. The minimum absolute atomic E-state index is 0.686. The van der Waals surface area contributed by atoms with Crippen LogP contribution in [0.1, 0.15) is 5.56 Å². The molecule has 2 aromatic carbocycles. The van der Waals surface area contributed by atoms with Crippen LogP contribution >= 0.6 is 0 Å². The normalized spacial score (nSPS) is 11.1. The fraction of sp³-hybridized carbons (Fsp3) is 0.176. The molecule has 3 aromatic rings. The van der Waals surface area contributed by atoms with E-state index in [1.807, 2.05) is 18.2 Å². The van der Waals surface area contributed by atoms with E-state index in [4.69, 9.17) is 10.5 Å². The Labute approximate surface area is 118 Å². The summed E-state index contributed by atoms with van der Waals surface area (Å²) in [5.41, 5.74) is 11.6. The molecule has 3 nitrogen and oxygen atoms in total. The van der Waals surface area contributed by atoms with Gasteiger partial charge >= 0.3 is 0 Å². The maximum Gasteiger partial charge on any atom is 0.0503 e. The zero-order chi connectivity index (χ0) is 13.9. The number of nitrogens with two attached hydrogens (primary N) is 1. The second-order valence-electron chi connectivity index (χ2n) is 4.89. The maximum atomic E-state index is 6.28. The summed E-state index contributed by atoms with van der Waals surface area (Å²) in [7, 11) is 1.71. The number of aromatic nitrogens is 1. The van der Waals surface area contributed by atoms with Gasteiger partial charge in [-0.3, -0.25) is 0 Å². The van der Waals surface area contributed by atoms with Gasteiger partial charge in [-0.2, -0.15) is 0 Å². The summed E-state index contributed by atoms with van der Waals surface area (Å²) in [4.78, 5) is 3.42. The SMILES string of the molecule is COCCc1ccc2[nH]c(-c3ccccc3)cc2c1N. The number of hydrogen-bond acceptors (Lipinski definition) is 2. The molecule has 0 atom stereocenters. The van der Waals surface area contributed by atoms with E-state index in [0.717, 1.165) is 34.3 Å². The Morgan fingerprint density at radius 2 is 1.90 bits per heavy atom. The van der Waals surface area contributed by atoms with Gasteiger partial charge in [-0.15, -0.1) is 0 Å². The van der Waals surface area contributed by atoms with E-state index in [9.17, 15) is 0 Å². The number of benzene rings is 2. The smallest absolute Gasteiger partial charge is 0.0503 e. The number of rotatable bonds is 4. The quantitative estimate of drug-likeness (QED) is 0.709. The van der Waals surface area contributed by atoms with Crippen molar-refractivity contribution >= 4 is 16.6 Å². The second-order valence-corrected chi connectivity index (χ2v) is 4.89. The van der Waals surface area contributed by atoms with Gasteiger partial charge in [0, 0.05) is 29.4 Å². The van der Waals surface area contributed by atoms with Gasteiger partial charge in [0.05, 0.1) is 6.61 Å². The molecular weight excluding hydrogens is 248 g/mol. The van der Waals surface area contributed by atoms with Gasteiger partial charge in [0.15, 0.2) is 0 Å². The van der Waals surface area contributed by atoms with Crippen LogP contribution in [-0.4, -0.2) is 18.7 Å². The predicted molar refractivity (Wildman–Crippen MR) is 83.7 cm³/mol. The lowest BCUT2D eigenvalue weighted by Crippen LogP contribution is -1.99. The van der Waals surface area contributed by atoms with E-state index in [1.165, 1.54) is 5.56 Å². The summed E-state index contributed by atoms with van der Waals surface area (Å²) in [6.45, 7) is 0.686. The Hall–Kier alpha value is -2.26. The van der Waals surface area contributed by atoms with E-state index < -0.39 is 0 Å². The third-order valence-corrected chi connectivity index (χ3v) is 3.60. The number of anilines is 1. The number of nitrogens with one attached hydrogen (secondary N) is 1. The lowest BCUT2D eigenvalue weighted by atomic mass is 10.1. The lowest BCUT2D eigenvalue weighted by molar-refractivity contribution is 0.202. The van der Waals surface area contributed by atoms with Crippen LogP contribution in [0.2, 0.25) is 0 Å². The zero-order valence-electron chi connectivity index (χ0n) is 11.5. The largest absolute Gasteiger partial charge is 0.398 e. The standard InChI is InChI=1S/C17H18N2O/c1-20-10-9-13-7-8-15-14(17(13)18)11-16(19-15)12-5-3-2-4-6-12/h2-8,11,19H,9-10,18H2,1H3. The molecule has 0 aliphatic heterocycles. The van der Waals surface area contributed by atoms with Gasteiger partial charge in [-0.25, -0.2) is 0 Å². The molecule has 3 rings (SSSR count). The van der Waals surface area contributed by atoms with Crippen LogP contribution in [0.15, 0.2) is 48.5 Å². The second kappa shape index (κ2) is 5.39. The highest BCUT2D eigenvalue weighted by molar-refractivity contribution is 5.96. The number of methoxy groups -OCH3 is 1. The van der Waals surface area contributed by atoms with Crippen LogP contribution in [0, 0.1) is 0 Å². The van der Waals surface area contributed by atoms with Crippen molar-refractivity contribution in [2.75, 3.05) is 19.5 Å². The molecule has 0 unspecified atom stereocenters. The van der Waals surface area contributed by atoms with Crippen molar-refractivity contribution in [2.45, 2.75) is 6.42 Å². The van der Waals surface area contributed by atoms with Gasteiger partial charge in [0.1, 0.15) is 0 Å². The molecule has 20 heavy (non-hydrogen) atoms. The van der Waals surface area contributed by atoms with Crippen LogP contribution < -0.4 is 5.73 Å². The summed E-state index contributed by atoms with van der Waals surface area (Å²) < 4.78 is 5.12. The molecule has 0 amide bonds. The topological polar surface area (TPSA) is 51.0 Å². The van der Waals surface area contributed by atoms with E-state index in [0.29, 0.717) is 6.61 Å². The monoisotopic (exact) mass is 266 g/mol. The number of aromatic amines is 1. The fourth-order valence-corrected chi connectivity index (χ4v) is 2.47. The number of H-pyrrole nitrogens is 1. The molecule has 1 heterocycles. The summed E-state index contributed by atoms with van der Waals surface area (Å²) >= 11 is 0. The molecule has 0 aliphatic rings. The molecule has 0 aliphatic carbocycles. The van der Waals surface area contributed by atoms with Crippen molar-refractivity contribution in [1.82, 2.24) is 4.98 Å². The molecule has 0 saturated heterocycles. The molecule has 3 heteroatoms. The summed E-state index contributed by atoms with van der Waals surface area (Å²) in [6.07, 6.45) is 0.837. The van der Waals surface area contributed by atoms with Crippen molar-refractivity contribution in [3.05, 3.63) is 54.1 Å². The van der Waals surface area contributed by atoms with Crippen molar-refractivity contribution < 1.29 is 4.74 Å². The fourth-order valence-electron chi connectivity index (χ4n) is 2.47. The minimum Gasteiger partial charge on any atom is -0.398 e. The predicted octanol–water partition coefficient (Wildman–Crippen LogP) is 3.61. The molecule has 0 radical (unpaired) electrons. The summed E-state index contributed by atoms with van der Waals surface area (Å²) in [6, 6.07) is 16.5. The van der Waals surface area contributed by atoms with Crippen molar-refractivity contribution in [3.8, 4) is 11.3 Å². The molecule has 0 bridgehead atoms. The average molecular weight is 266 g/mol. The lowest BCUT2D eigenvalue weighted by Gasteiger charge is -2.05. The highest BCUT2D eigenvalue weighted by Gasteiger charge is 2.08. The van der Waals surface area contributed by atoms with E-state index >= 15 is 0 Å². The maximum absolute atomic E-state index is 6.28. The van der Waals surface area contributed by atoms with Gasteiger partial charge in [0.25, 0.3) is 0 Å². The van der Waals surface area contributed by atoms with Crippen molar-refractivity contribution in [1.29, 1.82) is 0 Å². The van der Waals surface area contributed by atoms with Gasteiger partial charge < -0.3 is 15.5 Å². The van der Waals surface area contributed by atoms with E-state index in [-0.39, 0.29) is 0 Å². The molecule has 1 aromatic heterocycles. The van der Waals surface area contributed by atoms with E-state index in [2.05, 4.69) is 35.3 Å². The molecule has 3 N–H and O–H groups in total. The molecule has 0 fully saturated rings. The third kappa shape index (κ3) is 2.28. The van der Waals surface area contributed by atoms with Gasteiger partial charge in [-0.1, -0.05) is 36.4 Å². The number of hydrogen-bond donors (Lipinski definition) is 2. The zero-order valence-corrected chi connectivity index (χ0v) is 11.5. The third-order valence-electron chi connectivity index (χ3n) is 3.60.